The van der Waals surface area contributed by atoms with Gasteiger partial charge >= 0.3 is 6.03 Å². The molecule has 7 nitrogen and oxygen atoms in total. The van der Waals surface area contributed by atoms with E-state index in [1.165, 1.54) is 36.4 Å². The molecule has 0 atom stereocenters. The van der Waals surface area contributed by atoms with E-state index in [-0.39, 0.29) is 0 Å². The minimum Gasteiger partial charge on any atom is -0.383 e. The number of fused-ring (bicyclic) bond motifs is 1. The van der Waals surface area contributed by atoms with Crippen molar-refractivity contribution in [3.8, 4) is 22.3 Å². The Morgan fingerprint density at radius 3 is 2.40 bits per heavy atom. The van der Waals surface area contributed by atoms with Crippen molar-refractivity contribution in [2.75, 3.05) is 23.7 Å². The zero-order valence-corrected chi connectivity index (χ0v) is 23.0. The fourth-order valence-corrected chi connectivity index (χ4v) is 6.66. The van der Waals surface area contributed by atoms with Crippen molar-refractivity contribution < 1.29 is 4.79 Å². The number of amides is 2. The monoisotopic (exact) mass is 548 g/mol. The predicted octanol–water partition coefficient (Wildman–Crippen LogP) is 6.48. The molecule has 3 heterocycles. The molecule has 0 aliphatic carbocycles. The number of primary amides is 1. The number of nitrogens with two attached hydrogens (primary N) is 3. The number of hydrogen-bond acceptors (Lipinski definition) is 6. The number of nitrogens with zero attached hydrogens (tertiary/aromatic N) is 3. The number of thiophene rings is 1. The molecule has 0 unspecified atom stereocenters. The molecule has 0 spiro atoms. The Kier molecular flexibility index (Phi) is 7.21. The third-order valence-electron chi connectivity index (χ3n) is 7.53. The van der Waals surface area contributed by atoms with Gasteiger partial charge in [-0.25, -0.2) is 9.78 Å². The van der Waals surface area contributed by atoms with Gasteiger partial charge in [-0.15, -0.1) is 11.3 Å². The Labute approximate surface area is 237 Å². The van der Waals surface area contributed by atoms with Gasteiger partial charge in [0.1, 0.15) is 5.82 Å². The number of likely N-dealkylation sites (tertiary alicyclic amines) is 1. The first-order valence-electron chi connectivity index (χ1n) is 13.5. The number of nitrogen functional groups attached to an aromatic ring is 1. The number of urea groups is 1. The molecule has 0 saturated carbocycles. The number of rotatable bonds is 7. The van der Waals surface area contributed by atoms with Crippen LogP contribution in [0.3, 0.4) is 0 Å². The fourth-order valence-electron chi connectivity index (χ4n) is 5.54. The van der Waals surface area contributed by atoms with Gasteiger partial charge in [0, 0.05) is 40.5 Å². The SMILES string of the molecule is NCc1cccc(N(C(N)=O)c2ccc(-c3csc4c(-c5cccc(CN6CCCC6)c5)cnc(N)c34)cc2)c1. The molecule has 8 heteroatoms. The first kappa shape index (κ1) is 26.0. The largest absolute Gasteiger partial charge is 0.383 e. The predicted molar refractivity (Wildman–Crippen MR) is 165 cm³/mol. The lowest BCUT2D eigenvalue weighted by atomic mass is 10.00. The van der Waals surface area contributed by atoms with Crippen LogP contribution in [0.25, 0.3) is 32.3 Å². The maximum atomic E-state index is 12.4. The molecule has 1 aliphatic rings. The van der Waals surface area contributed by atoms with E-state index >= 15 is 0 Å². The number of carbonyl (C=O) groups is 1. The van der Waals surface area contributed by atoms with Crippen LogP contribution >= 0.6 is 11.3 Å². The average Bonchev–Trinajstić information content (AvgIpc) is 3.65. The van der Waals surface area contributed by atoms with E-state index in [0.29, 0.717) is 23.7 Å². The van der Waals surface area contributed by atoms with Crippen LogP contribution in [0.4, 0.5) is 22.0 Å². The van der Waals surface area contributed by atoms with Gasteiger partial charge in [-0.2, -0.15) is 0 Å². The first-order valence-corrected chi connectivity index (χ1v) is 14.4. The summed E-state index contributed by atoms with van der Waals surface area (Å²) in [6.07, 6.45) is 4.45. The Morgan fingerprint density at radius 2 is 1.65 bits per heavy atom. The Morgan fingerprint density at radius 1 is 0.900 bits per heavy atom. The molecule has 2 amide bonds. The van der Waals surface area contributed by atoms with Crippen LogP contribution in [0, 0.1) is 0 Å². The number of pyridine rings is 1. The molecule has 3 aromatic carbocycles. The summed E-state index contributed by atoms with van der Waals surface area (Å²) in [7, 11) is 0. The highest BCUT2D eigenvalue weighted by atomic mass is 32.1. The van der Waals surface area contributed by atoms with Crippen molar-refractivity contribution in [1.29, 1.82) is 0 Å². The third-order valence-corrected chi connectivity index (χ3v) is 8.54. The highest BCUT2D eigenvalue weighted by molar-refractivity contribution is 7.18. The minimum absolute atomic E-state index is 0.380. The lowest BCUT2D eigenvalue weighted by molar-refractivity contribution is 0.256. The summed E-state index contributed by atoms with van der Waals surface area (Å²) in [4.78, 5) is 21.0. The Balaban J connectivity index is 1.34. The molecular weight excluding hydrogens is 516 g/mol. The third kappa shape index (κ3) is 5.04. The summed E-state index contributed by atoms with van der Waals surface area (Å²) in [6.45, 7) is 3.69. The molecule has 1 saturated heterocycles. The van der Waals surface area contributed by atoms with E-state index in [2.05, 4.69) is 39.5 Å². The van der Waals surface area contributed by atoms with Crippen LogP contribution < -0.4 is 22.1 Å². The maximum absolute atomic E-state index is 12.4. The quantitative estimate of drug-likeness (QED) is 0.215. The van der Waals surface area contributed by atoms with Gasteiger partial charge in [-0.05, 0) is 83.9 Å². The van der Waals surface area contributed by atoms with E-state index in [9.17, 15) is 4.79 Å². The zero-order chi connectivity index (χ0) is 27.6. The number of hydrogen-bond donors (Lipinski definition) is 3. The smallest absolute Gasteiger partial charge is 0.323 e. The average molecular weight is 549 g/mol. The van der Waals surface area contributed by atoms with Gasteiger partial charge in [0.2, 0.25) is 0 Å². The molecule has 6 rings (SSSR count). The number of anilines is 3. The van der Waals surface area contributed by atoms with Crippen molar-refractivity contribution in [2.24, 2.45) is 11.5 Å². The fraction of sp³-hybridized carbons (Fsp3) is 0.188. The maximum Gasteiger partial charge on any atom is 0.323 e. The summed E-state index contributed by atoms with van der Waals surface area (Å²) in [5.41, 5.74) is 25.9. The standard InChI is InChI=1S/C32H32N6OS/c33-17-21-5-4-8-26(16-21)38(32(35)39)25-11-9-23(10-12-25)28-20-40-30-27(18-36-31(34)29(28)30)24-7-3-6-22(15-24)19-37-13-1-2-14-37/h3-12,15-16,18,20H,1-2,13-14,17,19,33H2,(H2,34,36)(H2,35,39). The van der Waals surface area contributed by atoms with Crippen molar-refractivity contribution in [3.05, 3.63) is 95.5 Å². The van der Waals surface area contributed by atoms with Crippen LogP contribution in [0.2, 0.25) is 0 Å². The molecule has 1 aliphatic heterocycles. The van der Waals surface area contributed by atoms with Gasteiger partial charge in [0.15, 0.2) is 0 Å². The van der Waals surface area contributed by atoms with Gasteiger partial charge in [-0.1, -0.05) is 42.5 Å². The summed E-state index contributed by atoms with van der Waals surface area (Å²) in [5, 5.41) is 3.08. The van der Waals surface area contributed by atoms with Crippen LogP contribution in [0.1, 0.15) is 24.0 Å². The molecule has 0 bridgehead atoms. The molecule has 5 aromatic rings. The second-order valence-corrected chi connectivity index (χ2v) is 11.1. The summed E-state index contributed by atoms with van der Waals surface area (Å²) in [6, 6.07) is 23.5. The first-order chi connectivity index (χ1) is 19.5. The van der Waals surface area contributed by atoms with Crippen molar-refractivity contribution >= 4 is 44.6 Å². The lowest BCUT2D eigenvalue weighted by Gasteiger charge is -2.21. The summed E-state index contributed by atoms with van der Waals surface area (Å²) in [5.74, 6) is 0.504. The number of carbonyl (C=O) groups excluding carboxylic acids is 1. The van der Waals surface area contributed by atoms with E-state index in [4.69, 9.17) is 17.2 Å². The van der Waals surface area contributed by atoms with Gasteiger partial charge < -0.3 is 17.2 Å². The molecule has 202 valence electrons. The Bertz CT molecular complexity index is 1670. The van der Waals surface area contributed by atoms with Crippen molar-refractivity contribution in [1.82, 2.24) is 9.88 Å². The molecule has 2 aromatic heterocycles. The summed E-state index contributed by atoms with van der Waals surface area (Å²) < 4.78 is 1.11. The highest BCUT2D eigenvalue weighted by Crippen LogP contribution is 2.42. The molecule has 1 fully saturated rings. The van der Waals surface area contributed by atoms with Crippen LogP contribution in [0.5, 0.6) is 0 Å². The van der Waals surface area contributed by atoms with E-state index in [1.807, 2.05) is 54.7 Å². The number of aromatic nitrogens is 1. The molecule has 40 heavy (non-hydrogen) atoms. The van der Waals surface area contributed by atoms with Gasteiger partial charge in [0.25, 0.3) is 0 Å². The topological polar surface area (TPSA) is 114 Å². The zero-order valence-electron chi connectivity index (χ0n) is 22.2. The van der Waals surface area contributed by atoms with E-state index in [0.717, 1.165) is 44.4 Å². The Hall–Kier alpha value is -4.24. The normalized spacial score (nSPS) is 13.6. The van der Waals surface area contributed by atoms with Crippen molar-refractivity contribution in [2.45, 2.75) is 25.9 Å². The van der Waals surface area contributed by atoms with Gasteiger partial charge in [-0.3, -0.25) is 9.80 Å². The van der Waals surface area contributed by atoms with Crippen LogP contribution in [0.15, 0.2) is 84.4 Å². The molecule has 0 radical (unpaired) electrons. The molecular formula is C32H32N6OS. The second kappa shape index (κ2) is 11.1. The van der Waals surface area contributed by atoms with E-state index in [1.54, 1.807) is 11.3 Å². The summed E-state index contributed by atoms with van der Waals surface area (Å²) >= 11 is 1.67. The lowest BCUT2D eigenvalue weighted by Crippen LogP contribution is -2.31. The number of benzene rings is 3. The minimum atomic E-state index is -0.562. The van der Waals surface area contributed by atoms with E-state index < -0.39 is 6.03 Å². The van der Waals surface area contributed by atoms with Crippen molar-refractivity contribution in [3.63, 3.8) is 0 Å². The van der Waals surface area contributed by atoms with Gasteiger partial charge in [0.05, 0.1) is 11.4 Å². The second-order valence-electron chi connectivity index (χ2n) is 10.2. The van der Waals surface area contributed by atoms with Crippen LogP contribution in [-0.4, -0.2) is 29.0 Å². The molecule has 6 N–H and O–H groups in total. The highest BCUT2D eigenvalue weighted by Gasteiger charge is 2.19. The van der Waals surface area contributed by atoms with Crippen LogP contribution in [-0.2, 0) is 13.1 Å².